The van der Waals surface area contributed by atoms with E-state index >= 15 is 0 Å². The Balaban J connectivity index is 1.20. The summed E-state index contributed by atoms with van der Waals surface area (Å²) in [4.78, 5) is 29.5. The SMILES string of the molecule is O=C(Nc1ccn([C@H]2CC[C@@H](COC(c3ccccc3)(c3ccccc3)c3ccccc3)O2)c(=O)n1)c1ccccc1. The summed E-state index contributed by atoms with van der Waals surface area (Å²) >= 11 is 0. The van der Waals surface area contributed by atoms with Crippen molar-refractivity contribution in [2.45, 2.75) is 30.8 Å². The van der Waals surface area contributed by atoms with Gasteiger partial charge < -0.3 is 14.8 Å². The second-order valence-electron chi connectivity index (χ2n) is 10.2. The van der Waals surface area contributed by atoms with E-state index in [0.29, 0.717) is 18.6 Å². The molecule has 0 spiro atoms. The van der Waals surface area contributed by atoms with Crippen molar-refractivity contribution in [3.8, 4) is 0 Å². The summed E-state index contributed by atoms with van der Waals surface area (Å²) in [5, 5.41) is 2.69. The summed E-state index contributed by atoms with van der Waals surface area (Å²) in [5.74, 6) is -0.130. The second kappa shape index (κ2) is 12.3. The predicted molar refractivity (Wildman–Crippen MR) is 161 cm³/mol. The highest BCUT2D eigenvalue weighted by Gasteiger charge is 2.39. The Labute approximate surface area is 244 Å². The van der Waals surface area contributed by atoms with Gasteiger partial charge in [0, 0.05) is 11.8 Å². The van der Waals surface area contributed by atoms with Crippen LogP contribution in [0.3, 0.4) is 0 Å². The van der Waals surface area contributed by atoms with Gasteiger partial charge in [-0.25, -0.2) is 4.79 Å². The number of hydrogen-bond acceptors (Lipinski definition) is 5. The van der Waals surface area contributed by atoms with Crippen molar-refractivity contribution >= 4 is 11.7 Å². The highest BCUT2D eigenvalue weighted by atomic mass is 16.6. The maximum absolute atomic E-state index is 12.9. The Morgan fingerprint density at radius 2 is 1.31 bits per heavy atom. The van der Waals surface area contributed by atoms with Gasteiger partial charge in [0.2, 0.25) is 0 Å². The number of ether oxygens (including phenoxy) is 2. The second-order valence-corrected chi connectivity index (χ2v) is 10.2. The fourth-order valence-electron chi connectivity index (χ4n) is 5.48. The number of nitrogens with zero attached hydrogens (tertiary/aromatic N) is 2. The number of aromatic nitrogens is 2. The molecule has 7 nitrogen and oxygen atoms in total. The molecule has 1 saturated heterocycles. The van der Waals surface area contributed by atoms with E-state index in [1.807, 2.05) is 60.7 Å². The van der Waals surface area contributed by atoms with Crippen molar-refractivity contribution in [2.75, 3.05) is 11.9 Å². The molecular formula is C35H31N3O4. The lowest BCUT2D eigenvalue weighted by molar-refractivity contribution is -0.0773. The van der Waals surface area contributed by atoms with E-state index in [0.717, 1.165) is 23.1 Å². The van der Waals surface area contributed by atoms with Gasteiger partial charge in [-0.2, -0.15) is 4.98 Å². The molecule has 0 radical (unpaired) electrons. The number of rotatable bonds is 9. The van der Waals surface area contributed by atoms with Crippen molar-refractivity contribution < 1.29 is 14.3 Å². The Hall–Kier alpha value is -4.85. The van der Waals surface area contributed by atoms with Gasteiger partial charge in [0.05, 0.1) is 12.7 Å². The normalized spacial score (nSPS) is 16.7. The number of amides is 1. The quantitative estimate of drug-likeness (QED) is 0.219. The van der Waals surface area contributed by atoms with Crippen molar-refractivity contribution in [3.05, 3.63) is 166 Å². The summed E-state index contributed by atoms with van der Waals surface area (Å²) in [7, 11) is 0. The zero-order valence-corrected chi connectivity index (χ0v) is 23.0. The van der Waals surface area contributed by atoms with Crippen LogP contribution in [-0.4, -0.2) is 28.2 Å². The van der Waals surface area contributed by atoms with Crippen LogP contribution in [0.25, 0.3) is 0 Å². The number of benzene rings is 4. The van der Waals surface area contributed by atoms with Gasteiger partial charge in [0.1, 0.15) is 17.6 Å². The number of anilines is 1. The van der Waals surface area contributed by atoms with Gasteiger partial charge in [0.25, 0.3) is 5.91 Å². The first-order valence-corrected chi connectivity index (χ1v) is 14.0. The number of hydrogen-bond donors (Lipinski definition) is 1. The molecule has 42 heavy (non-hydrogen) atoms. The zero-order chi connectivity index (χ0) is 28.8. The smallest absolute Gasteiger partial charge is 0.351 e. The first kappa shape index (κ1) is 27.3. The number of nitrogens with one attached hydrogen (secondary N) is 1. The molecule has 1 amide bonds. The summed E-state index contributed by atoms with van der Waals surface area (Å²) in [6.45, 7) is 0.322. The molecule has 210 valence electrons. The molecule has 6 rings (SSSR count). The summed E-state index contributed by atoms with van der Waals surface area (Å²) in [5.41, 5.74) is 2.21. The Bertz CT molecular complexity index is 1580. The third-order valence-electron chi connectivity index (χ3n) is 7.53. The fraction of sp³-hybridized carbons (Fsp3) is 0.171. The molecule has 1 aliphatic heterocycles. The maximum Gasteiger partial charge on any atom is 0.351 e. The Morgan fingerprint density at radius 3 is 1.83 bits per heavy atom. The minimum atomic E-state index is -0.845. The first-order chi connectivity index (χ1) is 20.6. The molecule has 1 fully saturated rings. The van der Waals surface area contributed by atoms with E-state index in [-0.39, 0.29) is 17.8 Å². The molecule has 4 aromatic carbocycles. The first-order valence-electron chi connectivity index (χ1n) is 14.0. The van der Waals surface area contributed by atoms with Gasteiger partial charge in [-0.05, 0) is 47.7 Å². The molecule has 0 bridgehead atoms. The van der Waals surface area contributed by atoms with E-state index in [1.165, 1.54) is 4.57 Å². The highest BCUT2D eigenvalue weighted by Crippen LogP contribution is 2.41. The summed E-state index contributed by atoms with van der Waals surface area (Å²) in [6.07, 6.45) is 2.27. The van der Waals surface area contributed by atoms with E-state index in [2.05, 4.69) is 46.7 Å². The molecule has 0 saturated carbocycles. The average Bonchev–Trinajstić information content (AvgIpc) is 3.52. The molecule has 1 N–H and O–H groups in total. The van der Waals surface area contributed by atoms with Crippen molar-refractivity contribution in [1.82, 2.24) is 9.55 Å². The topological polar surface area (TPSA) is 82.5 Å². The number of carbonyl (C=O) groups is 1. The minimum absolute atomic E-state index is 0.196. The molecule has 2 atom stereocenters. The van der Waals surface area contributed by atoms with Gasteiger partial charge >= 0.3 is 5.69 Å². The minimum Gasteiger partial charge on any atom is -0.358 e. The lowest BCUT2D eigenvalue weighted by atomic mass is 9.80. The van der Waals surface area contributed by atoms with Gasteiger partial charge in [-0.1, -0.05) is 109 Å². The van der Waals surface area contributed by atoms with Crippen LogP contribution in [0.5, 0.6) is 0 Å². The maximum atomic E-state index is 12.9. The zero-order valence-electron chi connectivity index (χ0n) is 23.0. The van der Waals surface area contributed by atoms with E-state index < -0.39 is 17.5 Å². The monoisotopic (exact) mass is 557 g/mol. The fourth-order valence-corrected chi connectivity index (χ4v) is 5.48. The van der Waals surface area contributed by atoms with Crippen LogP contribution in [0.4, 0.5) is 5.82 Å². The lowest BCUT2D eigenvalue weighted by Crippen LogP contribution is -2.36. The van der Waals surface area contributed by atoms with Crippen LogP contribution in [0, 0.1) is 0 Å². The van der Waals surface area contributed by atoms with Crippen LogP contribution >= 0.6 is 0 Å². The summed E-state index contributed by atoms with van der Waals surface area (Å²) < 4.78 is 14.7. The van der Waals surface area contributed by atoms with Crippen molar-refractivity contribution in [3.63, 3.8) is 0 Å². The Morgan fingerprint density at radius 1 is 0.786 bits per heavy atom. The van der Waals surface area contributed by atoms with Crippen LogP contribution in [0.1, 0.15) is 46.1 Å². The lowest BCUT2D eigenvalue weighted by Gasteiger charge is -2.36. The molecule has 0 unspecified atom stereocenters. The number of carbonyl (C=O) groups excluding carboxylic acids is 1. The predicted octanol–water partition coefficient (Wildman–Crippen LogP) is 6.18. The molecule has 0 aliphatic carbocycles. The molecule has 2 heterocycles. The standard InChI is InChI=1S/C35H31N3O4/c39-33(26-13-5-1-6-14-26)36-31-23-24-38(34(40)37-31)32-22-21-30(42-32)25-41-35(27-15-7-2-8-16-27,28-17-9-3-10-18-28)29-19-11-4-12-20-29/h1-20,23-24,30,32H,21-22,25H2,(H,36,37,39,40)/t30-,32+/m0/s1. The molecule has 1 aromatic heterocycles. The highest BCUT2D eigenvalue weighted by molar-refractivity contribution is 6.03. The van der Waals surface area contributed by atoms with Crippen LogP contribution < -0.4 is 11.0 Å². The summed E-state index contributed by atoms with van der Waals surface area (Å²) in [6, 6.07) is 41.0. The van der Waals surface area contributed by atoms with Gasteiger partial charge in [-0.3, -0.25) is 9.36 Å². The van der Waals surface area contributed by atoms with Crippen LogP contribution in [-0.2, 0) is 15.1 Å². The van der Waals surface area contributed by atoms with Crippen LogP contribution in [0.15, 0.2) is 138 Å². The molecule has 7 heteroatoms. The third-order valence-corrected chi connectivity index (χ3v) is 7.53. The third kappa shape index (κ3) is 5.65. The molecular weight excluding hydrogens is 526 g/mol. The van der Waals surface area contributed by atoms with E-state index in [1.54, 1.807) is 36.5 Å². The Kier molecular flexibility index (Phi) is 8.03. The van der Waals surface area contributed by atoms with E-state index in [4.69, 9.17) is 9.47 Å². The van der Waals surface area contributed by atoms with Crippen molar-refractivity contribution in [2.24, 2.45) is 0 Å². The van der Waals surface area contributed by atoms with Gasteiger partial charge in [0.15, 0.2) is 0 Å². The van der Waals surface area contributed by atoms with Gasteiger partial charge in [-0.15, -0.1) is 0 Å². The largest absolute Gasteiger partial charge is 0.358 e. The van der Waals surface area contributed by atoms with E-state index in [9.17, 15) is 9.59 Å². The molecule has 1 aliphatic rings. The molecule has 5 aromatic rings. The van der Waals surface area contributed by atoms with Crippen molar-refractivity contribution in [1.29, 1.82) is 0 Å². The van der Waals surface area contributed by atoms with Crippen LogP contribution in [0.2, 0.25) is 0 Å². The average molecular weight is 558 g/mol.